The molecule has 3 aliphatic rings. The van der Waals surface area contributed by atoms with Gasteiger partial charge in [0.1, 0.15) is 0 Å². The van der Waals surface area contributed by atoms with Crippen molar-refractivity contribution in [2.24, 2.45) is 0 Å². The average molecular weight is 555 g/mol. The van der Waals surface area contributed by atoms with E-state index in [9.17, 15) is 9.59 Å². The van der Waals surface area contributed by atoms with Crippen molar-refractivity contribution in [1.29, 1.82) is 0 Å². The van der Waals surface area contributed by atoms with Crippen LogP contribution in [-0.4, -0.2) is 66.7 Å². The van der Waals surface area contributed by atoms with E-state index in [-0.39, 0.29) is 24.0 Å². The number of carbonyl (C=O) groups is 2. The molecule has 0 radical (unpaired) electrons. The van der Waals surface area contributed by atoms with Crippen LogP contribution in [0.2, 0.25) is 0 Å². The summed E-state index contributed by atoms with van der Waals surface area (Å²) in [7, 11) is 1.88. The number of benzene rings is 2. The molecular weight excluding hydrogens is 512 g/mol. The summed E-state index contributed by atoms with van der Waals surface area (Å²) in [4.78, 5) is 29.2. The van der Waals surface area contributed by atoms with E-state index in [1.54, 1.807) is 0 Å². The number of nitrogens with one attached hydrogen (secondary N) is 2. The maximum Gasteiger partial charge on any atom is 0.251 e. The van der Waals surface area contributed by atoms with Gasteiger partial charge in [-0.1, -0.05) is 49.6 Å². The Labute approximate surface area is 242 Å². The fraction of sp³-hybridized carbons (Fsp3) is 0.471. The highest BCUT2D eigenvalue weighted by molar-refractivity contribution is 6.04. The van der Waals surface area contributed by atoms with Crippen molar-refractivity contribution in [3.63, 3.8) is 0 Å². The molecule has 3 heterocycles. The van der Waals surface area contributed by atoms with Crippen LogP contribution in [0.3, 0.4) is 0 Å². The molecule has 2 amide bonds. The first kappa shape index (κ1) is 27.7. The second-order valence-corrected chi connectivity index (χ2v) is 12.0. The van der Waals surface area contributed by atoms with E-state index < -0.39 is 0 Å². The fourth-order valence-corrected chi connectivity index (χ4v) is 7.10. The van der Waals surface area contributed by atoms with Gasteiger partial charge in [-0.25, -0.2) is 0 Å². The summed E-state index contributed by atoms with van der Waals surface area (Å²) >= 11 is 0. The minimum absolute atomic E-state index is 0.00576. The molecule has 2 aliphatic heterocycles. The molecule has 6 rings (SSSR count). The molecule has 2 aromatic carbocycles. The van der Waals surface area contributed by atoms with Crippen LogP contribution in [0.5, 0.6) is 0 Å². The lowest BCUT2D eigenvalue weighted by molar-refractivity contribution is -0.139. The van der Waals surface area contributed by atoms with Crippen molar-refractivity contribution in [3.8, 4) is 11.3 Å². The van der Waals surface area contributed by atoms with Crippen LogP contribution in [-0.2, 0) is 16.1 Å². The Hall–Kier alpha value is -3.42. The zero-order chi connectivity index (χ0) is 28.5. The number of likely N-dealkylation sites (N-methyl/N-ethyl adjacent to an activating group) is 1. The lowest BCUT2D eigenvalue weighted by Gasteiger charge is -2.35. The molecule has 0 bridgehead atoms. The maximum absolute atomic E-state index is 14.1. The highest BCUT2D eigenvalue weighted by atomic mass is 16.5. The first-order valence-electron chi connectivity index (χ1n) is 15.3. The lowest BCUT2D eigenvalue weighted by atomic mass is 9.81. The SMILES string of the molecule is CNCCNC(=O)c1ccc2c(C3CCCCC3)c3n(c2c1)CC(C(=O)N1C[C@@H](C)O[C@@H](C)C1)=Cc1ccccc1-3. The standard InChI is InChI=1S/C34H42N4O3/c1-22-19-37(20-23(2)41-22)34(40)27-17-25-11-7-8-12-28(25)32-31(24-9-5-4-6-10-24)29-14-13-26(18-30(29)38(32)21-27)33(39)36-16-15-35-3/h7-8,11-14,17-18,22-24,35H,4-6,9-10,15-16,19-21H2,1-3H3,(H,36,39)/t22-,23+. The fourth-order valence-electron chi connectivity index (χ4n) is 7.10. The Morgan fingerprint density at radius 2 is 1.73 bits per heavy atom. The van der Waals surface area contributed by atoms with E-state index in [1.165, 1.54) is 48.7 Å². The van der Waals surface area contributed by atoms with Gasteiger partial charge in [0.2, 0.25) is 0 Å². The summed E-state index contributed by atoms with van der Waals surface area (Å²) in [5, 5.41) is 7.31. The van der Waals surface area contributed by atoms with E-state index in [2.05, 4.69) is 51.6 Å². The summed E-state index contributed by atoms with van der Waals surface area (Å²) < 4.78 is 8.26. The number of morpholine rings is 1. The van der Waals surface area contributed by atoms with Crippen LogP contribution in [0, 0.1) is 0 Å². The third-order valence-corrected chi connectivity index (χ3v) is 8.90. The third kappa shape index (κ3) is 5.45. The third-order valence-electron chi connectivity index (χ3n) is 8.90. The molecule has 216 valence electrons. The van der Waals surface area contributed by atoms with E-state index in [0.717, 1.165) is 22.2 Å². The van der Waals surface area contributed by atoms with Gasteiger partial charge in [-0.3, -0.25) is 9.59 Å². The normalized spacial score (nSPS) is 21.1. The summed E-state index contributed by atoms with van der Waals surface area (Å²) in [5.41, 5.74) is 7.27. The van der Waals surface area contributed by atoms with Gasteiger partial charge >= 0.3 is 0 Å². The summed E-state index contributed by atoms with van der Waals surface area (Å²) in [5.74, 6) is 0.454. The minimum Gasteiger partial charge on any atom is -0.372 e. The maximum atomic E-state index is 14.1. The van der Waals surface area contributed by atoms with E-state index in [1.807, 2.05) is 37.9 Å². The van der Waals surface area contributed by atoms with Gasteiger partial charge in [-0.2, -0.15) is 0 Å². The number of hydrogen-bond acceptors (Lipinski definition) is 4. The number of hydrogen-bond donors (Lipinski definition) is 2. The summed E-state index contributed by atoms with van der Waals surface area (Å²) in [6, 6.07) is 14.6. The molecular formula is C34H42N4O3. The largest absolute Gasteiger partial charge is 0.372 e. The smallest absolute Gasteiger partial charge is 0.251 e. The average Bonchev–Trinajstić information content (AvgIpc) is 3.19. The number of carbonyl (C=O) groups excluding carboxylic acids is 2. The van der Waals surface area contributed by atoms with Gasteiger partial charge < -0.3 is 24.8 Å². The summed E-state index contributed by atoms with van der Waals surface area (Å²) in [6.07, 6.45) is 8.21. The van der Waals surface area contributed by atoms with Crippen LogP contribution < -0.4 is 10.6 Å². The molecule has 1 saturated carbocycles. The van der Waals surface area contributed by atoms with Crippen LogP contribution in [0.25, 0.3) is 28.2 Å². The van der Waals surface area contributed by atoms with Crippen molar-refractivity contribution in [2.75, 3.05) is 33.2 Å². The van der Waals surface area contributed by atoms with Crippen molar-refractivity contribution in [3.05, 3.63) is 64.7 Å². The van der Waals surface area contributed by atoms with Gasteiger partial charge in [0.25, 0.3) is 11.8 Å². The molecule has 2 atom stereocenters. The van der Waals surface area contributed by atoms with Crippen molar-refractivity contribution >= 4 is 28.8 Å². The molecule has 0 unspecified atom stereocenters. The summed E-state index contributed by atoms with van der Waals surface area (Å²) in [6.45, 7) is 6.99. The number of rotatable bonds is 6. The highest BCUT2D eigenvalue weighted by Gasteiger charge is 2.33. The molecule has 1 saturated heterocycles. The van der Waals surface area contributed by atoms with Crippen molar-refractivity contribution in [2.45, 2.75) is 70.6 Å². The molecule has 3 aromatic rings. The number of amides is 2. The zero-order valence-electron chi connectivity index (χ0n) is 24.5. The minimum atomic E-state index is -0.0749. The van der Waals surface area contributed by atoms with E-state index >= 15 is 0 Å². The van der Waals surface area contributed by atoms with Crippen LogP contribution in [0.4, 0.5) is 0 Å². The van der Waals surface area contributed by atoms with Crippen LogP contribution >= 0.6 is 0 Å². The molecule has 0 spiro atoms. The second kappa shape index (κ2) is 11.8. The van der Waals surface area contributed by atoms with Crippen molar-refractivity contribution < 1.29 is 14.3 Å². The predicted molar refractivity (Wildman–Crippen MR) is 164 cm³/mol. The molecule has 41 heavy (non-hydrogen) atoms. The highest BCUT2D eigenvalue weighted by Crippen LogP contribution is 2.46. The number of ether oxygens (including phenoxy) is 1. The molecule has 1 aromatic heterocycles. The van der Waals surface area contributed by atoms with Gasteiger partial charge in [-0.05, 0) is 69.0 Å². The molecule has 2 fully saturated rings. The Bertz CT molecular complexity index is 1470. The first-order valence-corrected chi connectivity index (χ1v) is 15.3. The second-order valence-electron chi connectivity index (χ2n) is 12.0. The van der Waals surface area contributed by atoms with Gasteiger partial charge in [-0.15, -0.1) is 0 Å². The zero-order valence-corrected chi connectivity index (χ0v) is 24.5. The molecule has 2 N–H and O–H groups in total. The number of nitrogens with zero attached hydrogens (tertiary/aromatic N) is 2. The Morgan fingerprint density at radius 1 is 0.976 bits per heavy atom. The molecule has 7 nitrogen and oxygen atoms in total. The van der Waals surface area contributed by atoms with E-state index in [0.29, 0.717) is 44.2 Å². The van der Waals surface area contributed by atoms with Crippen LogP contribution in [0.1, 0.15) is 73.4 Å². The van der Waals surface area contributed by atoms with E-state index in [4.69, 9.17) is 4.74 Å². The predicted octanol–water partition coefficient (Wildman–Crippen LogP) is 5.34. The van der Waals surface area contributed by atoms with Gasteiger partial charge in [0.05, 0.1) is 24.4 Å². The topological polar surface area (TPSA) is 75.6 Å². The molecule has 1 aliphatic carbocycles. The lowest BCUT2D eigenvalue weighted by Crippen LogP contribution is -2.48. The van der Waals surface area contributed by atoms with Crippen LogP contribution in [0.15, 0.2) is 48.0 Å². The van der Waals surface area contributed by atoms with Gasteiger partial charge in [0, 0.05) is 53.8 Å². The van der Waals surface area contributed by atoms with Gasteiger partial charge in [0.15, 0.2) is 0 Å². The molecule has 7 heteroatoms. The quantitative estimate of drug-likeness (QED) is 0.404. The Balaban J connectivity index is 1.50. The Kier molecular flexibility index (Phi) is 8.00. The first-order chi connectivity index (χ1) is 19.9. The number of aromatic nitrogens is 1. The monoisotopic (exact) mass is 554 g/mol. The van der Waals surface area contributed by atoms with Crippen molar-refractivity contribution in [1.82, 2.24) is 20.1 Å². The Morgan fingerprint density at radius 3 is 2.49 bits per heavy atom. The number of fused-ring (bicyclic) bond motifs is 5.